The summed E-state index contributed by atoms with van der Waals surface area (Å²) in [5, 5.41) is 11.4. The Morgan fingerprint density at radius 3 is 2.75 bits per heavy atom. The van der Waals surface area contributed by atoms with E-state index in [0.717, 1.165) is 11.3 Å². The number of carbonyl (C=O) groups excluding carboxylic acids is 1. The van der Waals surface area contributed by atoms with Crippen LogP contribution in [-0.4, -0.2) is 40.4 Å². The molecule has 4 rings (SSSR count). The highest BCUT2D eigenvalue weighted by Crippen LogP contribution is 2.15. The van der Waals surface area contributed by atoms with Crippen LogP contribution in [0.4, 0.5) is 0 Å². The summed E-state index contributed by atoms with van der Waals surface area (Å²) < 4.78 is 3.26. The highest BCUT2D eigenvalue weighted by molar-refractivity contribution is 5.95. The summed E-state index contributed by atoms with van der Waals surface area (Å²) >= 11 is 0. The van der Waals surface area contributed by atoms with Crippen LogP contribution in [0, 0.1) is 0 Å². The van der Waals surface area contributed by atoms with Gasteiger partial charge in [-0.2, -0.15) is 10.2 Å². The van der Waals surface area contributed by atoms with Gasteiger partial charge in [0, 0.05) is 24.5 Å². The fourth-order valence-electron chi connectivity index (χ4n) is 2.94. The highest BCUT2D eigenvalue weighted by atomic mass is 16.1. The smallest absolute Gasteiger partial charge is 0.255 e. The maximum absolute atomic E-state index is 12.8. The largest absolute Gasteiger partial charge is 0.348 e. The van der Waals surface area contributed by atoms with Crippen molar-refractivity contribution in [2.45, 2.75) is 19.9 Å². The molecule has 4 heterocycles. The number of nitrogens with zero attached hydrogens (tertiary/aromatic N) is 7. The van der Waals surface area contributed by atoms with Gasteiger partial charge in [-0.3, -0.25) is 4.79 Å². The molecule has 0 aliphatic carbocycles. The van der Waals surface area contributed by atoms with Crippen molar-refractivity contribution in [2.24, 2.45) is 0 Å². The van der Waals surface area contributed by atoms with Crippen molar-refractivity contribution >= 4 is 5.91 Å². The second kappa shape index (κ2) is 7.78. The number of nitrogens with one attached hydrogen (secondary N) is 1. The monoisotopic (exact) mass is 374 g/mol. The number of hydrogen-bond donors (Lipinski definition) is 1. The van der Waals surface area contributed by atoms with Crippen LogP contribution in [0.25, 0.3) is 11.6 Å². The Bertz CT molecular complexity index is 1070. The van der Waals surface area contributed by atoms with E-state index in [-0.39, 0.29) is 5.91 Å². The standard InChI is InChI=1S/C19H18N8O/c1-2-16-15(11-24-27(16)17-7-3-4-8-21-17)19(28)23-10-14-6-5-9-22-18(14)26-13-20-12-25-26/h3-9,11-13H,2,10H2,1H3,(H,23,28). The van der Waals surface area contributed by atoms with E-state index in [0.29, 0.717) is 30.2 Å². The fourth-order valence-corrected chi connectivity index (χ4v) is 2.94. The molecular weight excluding hydrogens is 356 g/mol. The van der Waals surface area contributed by atoms with Crippen molar-refractivity contribution in [3.05, 3.63) is 78.4 Å². The lowest BCUT2D eigenvalue weighted by Crippen LogP contribution is -2.24. The molecule has 28 heavy (non-hydrogen) atoms. The van der Waals surface area contributed by atoms with E-state index >= 15 is 0 Å². The normalized spacial score (nSPS) is 10.8. The van der Waals surface area contributed by atoms with Gasteiger partial charge < -0.3 is 5.32 Å². The van der Waals surface area contributed by atoms with E-state index in [2.05, 4.69) is 30.5 Å². The first kappa shape index (κ1) is 17.5. The van der Waals surface area contributed by atoms with Gasteiger partial charge in [0.1, 0.15) is 12.7 Å². The van der Waals surface area contributed by atoms with E-state index < -0.39 is 0 Å². The molecule has 0 aromatic carbocycles. The zero-order valence-corrected chi connectivity index (χ0v) is 15.2. The number of carbonyl (C=O) groups is 1. The number of hydrogen-bond acceptors (Lipinski definition) is 6. The SMILES string of the molecule is CCc1c(C(=O)NCc2cccnc2-n2cncn2)cnn1-c1ccccn1. The summed E-state index contributed by atoms with van der Waals surface area (Å²) in [7, 11) is 0. The Labute approximate surface area is 161 Å². The van der Waals surface area contributed by atoms with Gasteiger partial charge in [-0.15, -0.1) is 0 Å². The van der Waals surface area contributed by atoms with Gasteiger partial charge in [0.05, 0.1) is 17.5 Å². The first-order valence-electron chi connectivity index (χ1n) is 8.83. The van der Waals surface area contributed by atoms with Crippen LogP contribution in [0.5, 0.6) is 0 Å². The molecule has 0 radical (unpaired) electrons. The first-order chi connectivity index (χ1) is 13.8. The Kier molecular flexibility index (Phi) is 4.87. The van der Waals surface area contributed by atoms with Crippen molar-refractivity contribution in [3.8, 4) is 11.6 Å². The van der Waals surface area contributed by atoms with Crippen LogP contribution in [-0.2, 0) is 13.0 Å². The van der Waals surface area contributed by atoms with Crippen LogP contribution >= 0.6 is 0 Å². The molecule has 0 unspecified atom stereocenters. The lowest BCUT2D eigenvalue weighted by Gasteiger charge is -2.10. The predicted octanol–water partition coefficient (Wildman–Crippen LogP) is 1.74. The Hall–Kier alpha value is -3.88. The summed E-state index contributed by atoms with van der Waals surface area (Å²) in [6.07, 6.45) is 8.61. The van der Waals surface area contributed by atoms with E-state index in [1.54, 1.807) is 34.3 Å². The molecule has 0 saturated carbocycles. The molecule has 4 aromatic heterocycles. The van der Waals surface area contributed by atoms with Gasteiger partial charge in [-0.05, 0) is 24.6 Å². The van der Waals surface area contributed by atoms with Crippen molar-refractivity contribution in [1.29, 1.82) is 0 Å². The molecule has 0 fully saturated rings. The summed E-state index contributed by atoms with van der Waals surface area (Å²) in [5.74, 6) is 1.10. The Morgan fingerprint density at radius 2 is 2.00 bits per heavy atom. The zero-order valence-electron chi connectivity index (χ0n) is 15.2. The third-order valence-electron chi connectivity index (χ3n) is 4.26. The number of amides is 1. The van der Waals surface area contributed by atoms with Crippen LogP contribution in [0.15, 0.2) is 61.6 Å². The molecule has 0 saturated heterocycles. The van der Waals surface area contributed by atoms with Crippen molar-refractivity contribution in [3.63, 3.8) is 0 Å². The topological polar surface area (TPSA) is 103 Å². The summed E-state index contributed by atoms with van der Waals surface area (Å²) in [4.78, 5) is 25.4. The van der Waals surface area contributed by atoms with Crippen molar-refractivity contribution in [2.75, 3.05) is 0 Å². The number of aromatic nitrogens is 7. The molecule has 0 spiro atoms. The molecule has 9 heteroatoms. The van der Waals surface area contributed by atoms with E-state index in [4.69, 9.17) is 0 Å². The molecule has 0 atom stereocenters. The number of rotatable bonds is 6. The maximum Gasteiger partial charge on any atom is 0.255 e. The Morgan fingerprint density at radius 1 is 1.11 bits per heavy atom. The zero-order chi connectivity index (χ0) is 19.3. The molecule has 0 aliphatic rings. The van der Waals surface area contributed by atoms with Crippen molar-refractivity contribution < 1.29 is 4.79 Å². The molecule has 1 N–H and O–H groups in total. The van der Waals surface area contributed by atoms with Gasteiger partial charge in [-0.25, -0.2) is 24.3 Å². The van der Waals surface area contributed by atoms with Gasteiger partial charge in [0.2, 0.25) is 0 Å². The minimum atomic E-state index is -0.201. The van der Waals surface area contributed by atoms with E-state index in [1.165, 1.54) is 6.33 Å². The third-order valence-corrected chi connectivity index (χ3v) is 4.26. The predicted molar refractivity (Wildman–Crippen MR) is 101 cm³/mol. The molecule has 4 aromatic rings. The number of pyridine rings is 2. The minimum absolute atomic E-state index is 0.201. The van der Waals surface area contributed by atoms with Crippen LogP contribution in [0.2, 0.25) is 0 Å². The van der Waals surface area contributed by atoms with Gasteiger partial charge in [-0.1, -0.05) is 19.1 Å². The highest BCUT2D eigenvalue weighted by Gasteiger charge is 2.18. The van der Waals surface area contributed by atoms with Crippen molar-refractivity contribution in [1.82, 2.24) is 39.8 Å². The lowest BCUT2D eigenvalue weighted by atomic mass is 10.2. The van der Waals surface area contributed by atoms with Gasteiger partial charge in [0.25, 0.3) is 5.91 Å². The van der Waals surface area contributed by atoms with Gasteiger partial charge in [0.15, 0.2) is 11.6 Å². The fraction of sp³-hybridized carbons (Fsp3) is 0.158. The second-order valence-corrected chi connectivity index (χ2v) is 5.97. The van der Waals surface area contributed by atoms with E-state index in [9.17, 15) is 4.79 Å². The molecule has 0 aliphatic heterocycles. The average Bonchev–Trinajstić information content (AvgIpc) is 3.42. The molecule has 1 amide bonds. The van der Waals surface area contributed by atoms with E-state index in [1.807, 2.05) is 37.3 Å². The summed E-state index contributed by atoms with van der Waals surface area (Å²) in [6.45, 7) is 2.29. The van der Waals surface area contributed by atoms with Crippen LogP contribution in [0.3, 0.4) is 0 Å². The Balaban J connectivity index is 1.55. The quantitative estimate of drug-likeness (QED) is 0.551. The molecular formula is C19H18N8O. The van der Waals surface area contributed by atoms with Crippen LogP contribution in [0.1, 0.15) is 28.5 Å². The average molecular weight is 374 g/mol. The first-order valence-corrected chi connectivity index (χ1v) is 8.83. The third kappa shape index (κ3) is 3.37. The summed E-state index contributed by atoms with van der Waals surface area (Å²) in [6, 6.07) is 9.29. The summed E-state index contributed by atoms with van der Waals surface area (Å²) in [5.41, 5.74) is 2.16. The second-order valence-electron chi connectivity index (χ2n) is 5.97. The molecule has 140 valence electrons. The lowest BCUT2D eigenvalue weighted by molar-refractivity contribution is 0.0950. The minimum Gasteiger partial charge on any atom is -0.348 e. The molecule has 0 bridgehead atoms. The molecule has 9 nitrogen and oxygen atoms in total. The van der Waals surface area contributed by atoms with Crippen LogP contribution < -0.4 is 5.32 Å². The maximum atomic E-state index is 12.8. The van der Waals surface area contributed by atoms with Gasteiger partial charge >= 0.3 is 0 Å².